The third kappa shape index (κ3) is 1.74. The van der Waals surface area contributed by atoms with E-state index in [1.165, 1.54) is 24.8 Å². The molecule has 0 radical (unpaired) electrons. The largest absolute Gasteiger partial charge is 0.465 e. The Balaban J connectivity index is 1.48. The van der Waals surface area contributed by atoms with Crippen LogP contribution < -0.4 is 0 Å². The monoisotopic (exact) mass is 326 g/mol. The van der Waals surface area contributed by atoms with Crippen LogP contribution >= 0.6 is 0 Å². The molecular weight excluding hydrogens is 300 g/mol. The van der Waals surface area contributed by atoms with Crippen molar-refractivity contribution in [2.24, 2.45) is 34.5 Å². The summed E-state index contributed by atoms with van der Waals surface area (Å²) in [6.45, 7) is 2.97. The zero-order valence-corrected chi connectivity index (χ0v) is 14.4. The Morgan fingerprint density at radius 1 is 1.04 bits per heavy atom. The van der Waals surface area contributed by atoms with Crippen molar-refractivity contribution in [2.75, 3.05) is 6.61 Å². The second kappa shape index (κ2) is 4.83. The molecule has 1 aliphatic heterocycles. The Bertz CT molecular complexity index is 675. The number of hydrogen-bond acceptors (Lipinski definition) is 3. The molecule has 1 heterocycles. The molecule has 24 heavy (non-hydrogen) atoms. The standard InChI is InChI=1S/C21H26O3/c1-20-8-6-14(22)12-13(20)2-3-15-16-7-9-21(10-11-24-19(21)23)18(16)5-4-17(15)20/h6,8,12,15-18H,2-5,7,9-11H2,1H3/t15?,16?,17?,18?,20?,21-/m1/s1. The van der Waals surface area contributed by atoms with Gasteiger partial charge in [-0.25, -0.2) is 0 Å². The number of rotatable bonds is 0. The van der Waals surface area contributed by atoms with Crippen molar-refractivity contribution in [1.82, 2.24) is 0 Å². The molecule has 5 aliphatic rings. The van der Waals surface area contributed by atoms with E-state index in [0.29, 0.717) is 30.3 Å². The van der Waals surface area contributed by atoms with Gasteiger partial charge in [-0.2, -0.15) is 0 Å². The van der Waals surface area contributed by atoms with Gasteiger partial charge in [0.05, 0.1) is 12.0 Å². The summed E-state index contributed by atoms with van der Waals surface area (Å²) in [5.41, 5.74) is 1.27. The summed E-state index contributed by atoms with van der Waals surface area (Å²) in [6.07, 6.45) is 13.6. The lowest BCUT2D eigenvalue weighted by molar-refractivity contribution is -0.149. The molecule has 1 saturated heterocycles. The van der Waals surface area contributed by atoms with Crippen LogP contribution in [0.2, 0.25) is 0 Å². The first-order valence-corrected chi connectivity index (χ1v) is 9.66. The maximum Gasteiger partial charge on any atom is 0.312 e. The van der Waals surface area contributed by atoms with Gasteiger partial charge >= 0.3 is 5.97 Å². The molecule has 5 rings (SSSR count). The molecule has 6 atom stereocenters. The van der Waals surface area contributed by atoms with Crippen molar-refractivity contribution in [3.8, 4) is 0 Å². The van der Waals surface area contributed by atoms with Crippen LogP contribution in [-0.2, 0) is 14.3 Å². The molecular formula is C21H26O3. The number of esters is 1. The summed E-state index contributed by atoms with van der Waals surface area (Å²) >= 11 is 0. The third-order valence-corrected chi connectivity index (χ3v) is 8.31. The number of ether oxygens (including phenoxy) is 1. The Morgan fingerprint density at radius 3 is 2.62 bits per heavy atom. The highest BCUT2D eigenvalue weighted by atomic mass is 16.5. The van der Waals surface area contributed by atoms with Gasteiger partial charge in [-0.3, -0.25) is 9.59 Å². The van der Waals surface area contributed by atoms with Gasteiger partial charge in [-0.1, -0.05) is 18.6 Å². The lowest BCUT2D eigenvalue weighted by Crippen LogP contribution is -2.48. The Labute approximate surface area is 143 Å². The molecule has 5 unspecified atom stereocenters. The van der Waals surface area contributed by atoms with E-state index < -0.39 is 0 Å². The SMILES string of the molecule is CC12C=CC(=O)C=C1CCC1C3CC[C@@]4(CCOC4=O)C3CCC12. The number of carbonyl (C=O) groups is 2. The van der Waals surface area contributed by atoms with Crippen molar-refractivity contribution in [3.05, 3.63) is 23.8 Å². The summed E-state index contributed by atoms with van der Waals surface area (Å²) in [5, 5.41) is 0. The van der Waals surface area contributed by atoms with Crippen LogP contribution in [0, 0.1) is 34.5 Å². The topological polar surface area (TPSA) is 43.4 Å². The van der Waals surface area contributed by atoms with Gasteiger partial charge in [-0.15, -0.1) is 0 Å². The number of allylic oxidation sites excluding steroid dienone is 4. The van der Waals surface area contributed by atoms with Gasteiger partial charge in [-0.05, 0) is 80.8 Å². The van der Waals surface area contributed by atoms with Gasteiger partial charge in [0.15, 0.2) is 5.78 Å². The maximum absolute atomic E-state index is 12.5. The van der Waals surface area contributed by atoms with E-state index in [1.807, 2.05) is 6.08 Å². The molecule has 0 bridgehead atoms. The molecule has 0 N–H and O–H groups in total. The molecule has 4 aliphatic carbocycles. The molecule has 0 amide bonds. The summed E-state index contributed by atoms with van der Waals surface area (Å²) in [5.74, 6) is 2.81. The highest BCUT2D eigenvalue weighted by Gasteiger charge is 2.62. The van der Waals surface area contributed by atoms with Crippen LogP contribution in [0.15, 0.2) is 23.8 Å². The van der Waals surface area contributed by atoms with Crippen LogP contribution in [0.5, 0.6) is 0 Å². The Kier molecular flexibility index (Phi) is 3.00. The fourth-order valence-electron chi connectivity index (χ4n) is 7.15. The van der Waals surface area contributed by atoms with Gasteiger partial charge in [0.2, 0.25) is 0 Å². The van der Waals surface area contributed by atoms with Crippen molar-refractivity contribution in [1.29, 1.82) is 0 Å². The second-order valence-electron chi connectivity index (χ2n) is 8.93. The van der Waals surface area contributed by atoms with Gasteiger partial charge < -0.3 is 4.74 Å². The molecule has 4 fully saturated rings. The van der Waals surface area contributed by atoms with Crippen molar-refractivity contribution in [2.45, 2.75) is 51.9 Å². The van der Waals surface area contributed by atoms with E-state index in [9.17, 15) is 9.59 Å². The number of fused-ring (bicyclic) bond motifs is 6. The van der Waals surface area contributed by atoms with Crippen molar-refractivity contribution in [3.63, 3.8) is 0 Å². The third-order valence-electron chi connectivity index (χ3n) is 8.31. The fourth-order valence-corrected chi connectivity index (χ4v) is 7.15. The summed E-state index contributed by atoms with van der Waals surface area (Å²) < 4.78 is 5.40. The Morgan fingerprint density at radius 2 is 1.83 bits per heavy atom. The number of ketones is 1. The van der Waals surface area contributed by atoms with Gasteiger partial charge in [0.1, 0.15) is 0 Å². The van der Waals surface area contributed by atoms with Crippen LogP contribution in [0.4, 0.5) is 0 Å². The lowest BCUT2D eigenvalue weighted by atomic mass is 9.50. The molecule has 0 aromatic carbocycles. The maximum atomic E-state index is 12.5. The molecule has 3 nitrogen and oxygen atoms in total. The first-order chi connectivity index (χ1) is 11.5. The van der Waals surface area contributed by atoms with E-state index >= 15 is 0 Å². The highest BCUT2D eigenvalue weighted by Crippen LogP contribution is 2.65. The van der Waals surface area contributed by atoms with Crippen LogP contribution in [0.3, 0.4) is 0 Å². The second-order valence-corrected chi connectivity index (χ2v) is 8.93. The molecule has 0 aromatic rings. The first kappa shape index (κ1) is 14.9. The predicted molar refractivity (Wildman–Crippen MR) is 90.0 cm³/mol. The average Bonchev–Trinajstić information content (AvgIpc) is 3.13. The van der Waals surface area contributed by atoms with Gasteiger partial charge in [0, 0.05) is 5.41 Å². The quantitative estimate of drug-likeness (QED) is 0.635. The first-order valence-electron chi connectivity index (χ1n) is 9.66. The zero-order valence-electron chi connectivity index (χ0n) is 14.4. The molecule has 3 saturated carbocycles. The average molecular weight is 326 g/mol. The van der Waals surface area contributed by atoms with E-state index in [1.54, 1.807) is 6.08 Å². The zero-order chi connectivity index (χ0) is 16.5. The summed E-state index contributed by atoms with van der Waals surface area (Å²) in [6, 6.07) is 0. The Hall–Kier alpha value is -1.38. The normalized spacial score (nSPS) is 49.5. The molecule has 3 heteroatoms. The van der Waals surface area contributed by atoms with Crippen molar-refractivity contribution >= 4 is 11.8 Å². The van der Waals surface area contributed by atoms with E-state index in [2.05, 4.69) is 13.0 Å². The summed E-state index contributed by atoms with van der Waals surface area (Å²) in [7, 11) is 0. The number of hydrogen-bond donors (Lipinski definition) is 0. The van der Waals surface area contributed by atoms with Crippen molar-refractivity contribution < 1.29 is 14.3 Å². The summed E-state index contributed by atoms with van der Waals surface area (Å²) in [4.78, 5) is 24.3. The van der Waals surface area contributed by atoms with Crippen LogP contribution in [0.1, 0.15) is 51.9 Å². The van der Waals surface area contributed by atoms with Crippen LogP contribution in [0.25, 0.3) is 0 Å². The minimum Gasteiger partial charge on any atom is -0.465 e. The lowest BCUT2D eigenvalue weighted by Gasteiger charge is -2.54. The van der Waals surface area contributed by atoms with Gasteiger partial charge in [0.25, 0.3) is 0 Å². The molecule has 0 aromatic heterocycles. The minimum atomic E-state index is -0.148. The smallest absolute Gasteiger partial charge is 0.312 e. The minimum absolute atomic E-state index is 0.0632. The van der Waals surface area contributed by atoms with Crippen LogP contribution in [-0.4, -0.2) is 18.4 Å². The number of cyclic esters (lactones) is 1. The van der Waals surface area contributed by atoms with E-state index in [4.69, 9.17) is 4.74 Å². The fraction of sp³-hybridized carbons (Fsp3) is 0.714. The highest BCUT2D eigenvalue weighted by molar-refractivity contribution is 6.01. The van der Waals surface area contributed by atoms with E-state index in [-0.39, 0.29) is 22.6 Å². The van der Waals surface area contributed by atoms with E-state index in [0.717, 1.165) is 25.7 Å². The predicted octanol–water partition coefficient (Wildman–Crippen LogP) is 3.84. The number of carbonyl (C=O) groups excluding carboxylic acids is 2. The molecule has 128 valence electrons. The molecule has 1 spiro atoms.